The highest BCUT2D eigenvalue weighted by Gasteiger charge is 2.42. The van der Waals surface area contributed by atoms with Gasteiger partial charge in [-0.05, 0) is 19.8 Å². The molecule has 29 heavy (non-hydrogen) atoms. The fourth-order valence-corrected chi connectivity index (χ4v) is 2.83. The molecule has 1 aromatic rings. The molecule has 0 saturated carbocycles. The van der Waals surface area contributed by atoms with Crippen LogP contribution in [-0.4, -0.2) is 50.8 Å². The van der Waals surface area contributed by atoms with Crippen molar-refractivity contribution in [1.29, 1.82) is 0 Å². The number of hydrogen-bond acceptors (Lipinski definition) is 7. The van der Waals surface area contributed by atoms with Crippen molar-refractivity contribution in [2.75, 3.05) is 11.9 Å². The number of amides is 1. The molecule has 2 rings (SSSR count). The lowest BCUT2D eigenvalue weighted by molar-refractivity contribution is -0.0350. The molecule has 0 radical (unpaired) electrons. The molecule has 1 aromatic heterocycles. The van der Waals surface area contributed by atoms with E-state index >= 15 is 0 Å². The number of ether oxygens (including phenoxy) is 2. The number of carbonyl (C=O) groups is 1. The maximum Gasteiger partial charge on any atom is 0.412 e. The van der Waals surface area contributed by atoms with Gasteiger partial charge in [0.2, 0.25) is 0 Å². The number of aromatic nitrogens is 2. The summed E-state index contributed by atoms with van der Waals surface area (Å²) in [6.07, 6.45) is 0.658. The van der Waals surface area contributed by atoms with Crippen LogP contribution in [0.3, 0.4) is 0 Å². The van der Waals surface area contributed by atoms with Gasteiger partial charge in [0.1, 0.15) is 12.2 Å². The van der Waals surface area contributed by atoms with Crippen LogP contribution >= 0.6 is 0 Å². The van der Waals surface area contributed by atoms with E-state index in [1.54, 1.807) is 6.92 Å². The highest BCUT2D eigenvalue weighted by molar-refractivity contribution is 5.84. The minimum absolute atomic E-state index is 0.0172. The maximum atomic E-state index is 12.5. The predicted octanol–water partition coefficient (Wildman–Crippen LogP) is 1.77. The zero-order chi connectivity index (χ0) is 21.4. The number of aliphatic hydroxyl groups excluding tert-OH is 2. The van der Waals surface area contributed by atoms with Gasteiger partial charge in [0.05, 0.1) is 18.3 Å². The Kier molecular flexibility index (Phi) is 8.64. The molecule has 0 aliphatic carbocycles. The second-order valence-corrected chi connectivity index (χ2v) is 6.93. The third-order valence-corrected chi connectivity index (χ3v) is 4.50. The van der Waals surface area contributed by atoms with Crippen LogP contribution in [0.4, 0.5) is 10.6 Å². The molecule has 9 nitrogen and oxygen atoms in total. The second-order valence-electron chi connectivity index (χ2n) is 6.93. The van der Waals surface area contributed by atoms with Gasteiger partial charge in [-0.15, -0.1) is 0 Å². The lowest BCUT2D eigenvalue weighted by Gasteiger charge is -2.18. The van der Waals surface area contributed by atoms with Crippen LogP contribution in [0, 0.1) is 11.8 Å². The normalized spacial score (nSPS) is 23.3. The SMILES string of the molecule is CCCC#Cc1cn([C@@H]2O[C@H](C)[C@@H](O)[C@H]2O)c(=O)nc1NC(=O)OCCCCC. The summed E-state index contributed by atoms with van der Waals surface area (Å²) < 4.78 is 11.7. The van der Waals surface area contributed by atoms with Gasteiger partial charge in [-0.3, -0.25) is 9.88 Å². The predicted molar refractivity (Wildman–Crippen MR) is 106 cm³/mol. The van der Waals surface area contributed by atoms with Gasteiger partial charge in [0.15, 0.2) is 12.0 Å². The van der Waals surface area contributed by atoms with Crippen LogP contribution in [0.5, 0.6) is 0 Å². The molecule has 1 aliphatic heterocycles. The molecule has 0 unspecified atom stereocenters. The Balaban J connectivity index is 2.27. The van der Waals surface area contributed by atoms with E-state index in [4.69, 9.17) is 9.47 Å². The highest BCUT2D eigenvalue weighted by Crippen LogP contribution is 2.28. The van der Waals surface area contributed by atoms with Gasteiger partial charge in [-0.1, -0.05) is 38.5 Å². The van der Waals surface area contributed by atoms with Crippen molar-refractivity contribution in [3.8, 4) is 11.8 Å². The fourth-order valence-electron chi connectivity index (χ4n) is 2.83. The van der Waals surface area contributed by atoms with Crippen LogP contribution in [0.25, 0.3) is 0 Å². The summed E-state index contributed by atoms with van der Waals surface area (Å²) in [6.45, 7) is 5.89. The number of nitrogens with one attached hydrogen (secondary N) is 1. The Morgan fingerprint density at radius 1 is 1.31 bits per heavy atom. The minimum atomic E-state index is -1.29. The quantitative estimate of drug-likeness (QED) is 0.465. The molecular weight excluding hydrogens is 378 g/mol. The Morgan fingerprint density at radius 3 is 2.69 bits per heavy atom. The van der Waals surface area contributed by atoms with Crippen LogP contribution in [0.2, 0.25) is 0 Å². The molecule has 1 amide bonds. The Morgan fingerprint density at radius 2 is 2.07 bits per heavy atom. The zero-order valence-corrected chi connectivity index (χ0v) is 17.1. The third-order valence-electron chi connectivity index (χ3n) is 4.50. The van der Waals surface area contributed by atoms with E-state index in [1.807, 2.05) is 13.8 Å². The van der Waals surface area contributed by atoms with Crippen molar-refractivity contribution in [3.05, 3.63) is 22.2 Å². The first kappa shape index (κ1) is 22.9. The largest absolute Gasteiger partial charge is 0.449 e. The molecule has 1 aliphatic rings. The van der Waals surface area contributed by atoms with Gasteiger partial charge >= 0.3 is 11.8 Å². The molecule has 1 saturated heterocycles. The molecule has 0 aromatic carbocycles. The summed E-state index contributed by atoms with van der Waals surface area (Å²) in [7, 11) is 0. The standard InChI is InChI=1S/C20H29N3O6/c1-4-6-8-10-14-12-23(18-16(25)15(24)13(3)29-18)19(26)21-17(14)22-20(27)28-11-9-7-5-2/h12-13,15-16,18,24-25H,4-7,9,11H2,1-3H3,(H,21,22,26,27)/t13-,15-,16-,18-/m1/s1. The van der Waals surface area contributed by atoms with E-state index in [-0.39, 0.29) is 18.0 Å². The van der Waals surface area contributed by atoms with E-state index < -0.39 is 36.3 Å². The maximum absolute atomic E-state index is 12.5. The number of rotatable bonds is 7. The molecule has 9 heteroatoms. The van der Waals surface area contributed by atoms with Crippen LogP contribution in [-0.2, 0) is 9.47 Å². The van der Waals surface area contributed by atoms with Gasteiger partial charge in [0.25, 0.3) is 0 Å². The summed E-state index contributed by atoms with van der Waals surface area (Å²) in [6, 6.07) is 0. The van der Waals surface area contributed by atoms with Crippen molar-refractivity contribution >= 4 is 11.9 Å². The molecule has 4 atom stereocenters. The monoisotopic (exact) mass is 407 g/mol. The molecule has 0 spiro atoms. The van der Waals surface area contributed by atoms with Crippen molar-refractivity contribution in [2.45, 2.75) is 77.4 Å². The van der Waals surface area contributed by atoms with Crippen LogP contribution in [0.1, 0.15) is 64.7 Å². The average molecular weight is 407 g/mol. The number of anilines is 1. The average Bonchev–Trinajstić information content (AvgIpc) is 2.94. The van der Waals surface area contributed by atoms with E-state index in [0.29, 0.717) is 6.42 Å². The lowest BCUT2D eigenvalue weighted by atomic mass is 10.1. The van der Waals surface area contributed by atoms with Gasteiger partial charge in [-0.25, -0.2) is 9.59 Å². The van der Waals surface area contributed by atoms with Crippen molar-refractivity contribution < 1.29 is 24.5 Å². The van der Waals surface area contributed by atoms with Gasteiger partial charge in [-0.2, -0.15) is 4.98 Å². The number of aliphatic hydroxyl groups is 2. The first-order chi connectivity index (χ1) is 13.9. The third kappa shape index (κ3) is 6.03. The minimum Gasteiger partial charge on any atom is -0.449 e. The van der Waals surface area contributed by atoms with Crippen molar-refractivity contribution in [1.82, 2.24) is 9.55 Å². The van der Waals surface area contributed by atoms with Gasteiger partial charge < -0.3 is 19.7 Å². The van der Waals surface area contributed by atoms with E-state index in [1.165, 1.54) is 6.20 Å². The topological polar surface area (TPSA) is 123 Å². The molecule has 160 valence electrons. The van der Waals surface area contributed by atoms with Crippen LogP contribution in [0.15, 0.2) is 11.0 Å². The van der Waals surface area contributed by atoms with E-state index in [2.05, 4.69) is 22.1 Å². The number of nitrogens with zero attached hydrogens (tertiary/aromatic N) is 2. The summed E-state index contributed by atoms with van der Waals surface area (Å²) in [5, 5.41) is 22.6. The first-order valence-electron chi connectivity index (χ1n) is 9.96. The molecule has 2 heterocycles. The molecule has 1 fully saturated rings. The Hall–Kier alpha value is -2.41. The zero-order valence-electron chi connectivity index (χ0n) is 17.1. The summed E-state index contributed by atoms with van der Waals surface area (Å²) in [5.41, 5.74) is -0.467. The van der Waals surface area contributed by atoms with Crippen molar-refractivity contribution in [2.24, 2.45) is 0 Å². The Bertz CT molecular complexity index is 813. The summed E-state index contributed by atoms with van der Waals surface area (Å²) >= 11 is 0. The molecule has 0 bridgehead atoms. The van der Waals surface area contributed by atoms with E-state index in [0.717, 1.165) is 30.3 Å². The van der Waals surface area contributed by atoms with E-state index in [9.17, 15) is 19.8 Å². The molecule has 3 N–H and O–H groups in total. The lowest BCUT2D eigenvalue weighted by Crippen LogP contribution is -2.36. The number of unbranched alkanes of at least 4 members (excludes halogenated alkanes) is 3. The number of carbonyl (C=O) groups excluding carboxylic acids is 1. The Labute approximate surface area is 170 Å². The highest BCUT2D eigenvalue weighted by atomic mass is 16.6. The second kappa shape index (κ2) is 11.0. The van der Waals surface area contributed by atoms with Crippen molar-refractivity contribution in [3.63, 3.8) is 0 Å². The van der Waals surface area contributed by atoms with Gasteiger partial charge in [0, 0.05) is 12.6 Å². The molecular formula is C20H29N3O6. The smallest absolute Gasteiger partial charge is 0.412 e. The first-order valence-corrected chi connectivity index (χ1v) is 9.96. The fraction of sp³-hybridized carbons (Fsp3) is 0.650. The summed E-state index contributed by atoms with van der Waals surface area (Å²) in [4.78, 5) is 28.4. The summed E-state index contributed by atoms with van der Waals surface area (Å²) in [5.74, 6) is 5.81. The van der Waals surface area contributed by atoms with Crippen LogP contribution < -0.4 is 11.0 Å². The number of hydrogen-bond donors (Lipinski definition) is 3.